The SMILES string of the molecule is COc1ccc2nccc(/C(CCC3CCN(CCSc4cccs4)CC3C(=O)O)=N\O)c2c1. The van der Waals surface area contributed by atoms with Gasteiger partial charge in [-0.1, -0.05) is 11.2 Å². The van der Waals surface area contributed by atoms with Crippen LogP contribution in [0.3, 0.4) is 0 Å². The number of carboxylic acids is 1. The maximum Gasteiger partial charge on any atom is 0.308 e. The van der Waals surface area contributed by atoms with Crippen LogP contribution < -0.4 is 4.74 Å². The number of ether oxygens (including phenoxy) is 1. The number of piperidine rings is 1. The van der Waals surface area contributed by atoms with Gasteiger partial charge in [0.05, 0.1) is 28.5 Å². The molecular weight excluding hydrogens is 470 g/mol. The quantitative estimate of drug-likeness (QED) is 0.174. The second-order valence-electron chi connectivity index (χ2n) is 8.40. The fraction of sp³-hybridized carbons (Fsp3) is 0.400. The molecular formula is C25H29N3O4S2. The van der Waals surface area contributed by atoms with Crippen molar-refractivity contribution in [2.75, 3.05) is 32.5 Å². The third-order valence-corrected chi connectivity index (χ3v) is 8.55. The molecule has 180 valence electrons. The number of rotatable bonds is 10. The van der Waals surface area contributed by atoms with Gasteiger partial charge in [-0.25, -0.2) is 0 Å². The number of aliphatic carboxylic acids is 1. The van der Waals surface area contributed by atoms with Crippen LogP contribution in [0.1, 0.15) is 24.8 Å². The predicted octanol–water partition coefficient (Wildman–Crippen LogP) is 5.08. The van der Waals surface area contributed by atoms with Crippen molar-refractivity contribution >= 4 is 45.7 Å². The second-order valence-corrected chi connectivity index (χ2v) is 10.7. The summed E-state index contributed by atoms with van der Waals surface area (Å²) >= 11 is 3.56. The first-order valence-electron chi connectivity index (χ1n) is 11.3. The zero-order valence-corrected chi connectivity index (χ0v) is 20.7. The van der Waals surface area contributed by atoms with Crippen LogP contribution >= 0.6 is 23.1 Å². The van der Waals surface area contributed by atoms with Crippen LogP contribution in [0, 0.1) is 11.8 Å². The highest BCUT2D eigenvalue weighted by Gasteiger charge is 2.34. The molecule has 0 bridgehead atoms. The van der Waals surface area contributed by atoms with Crippen molar-refractivity contribution in [3.05, 3.63) is 53.5 Å². The molecule has 3 heterocycles. The summed E-state index contributed by atoms with van der Waals surface area (Å²) in [5.41, 5.74) is 2.12. The van der Waals surface area contributed by atoms with Crippen molar-refractivity contribution in [3.8, 4) is 5.75 Å². The van der Waals surface area contributed by atoms with E-state index in [0.717, 1.165) is 41.7 Å². The van der Waals surface area contributed by atoms with Gasteiger partial charge < -0.3 is 20.0 Å². The van der Waals surface area contributed by atoms with E-state index in [9.17, 15) is 15.1 Å². The largest absolute Gasteiger partial charge is 0.497 e. The van der Waals surface area contributed by atoms with E-state index in [1.165, 1.54) is 4.21 Å². The number of thiophene rings is 1. The lowest BCUT2D eigenvalue weighted by atomic mass is 9.81. The van der Waals surface area contributed by atoms with Crippen LogP contribution in [0.5, 0.6) is 5.75 Å². The lowest BCUT2D eigenvalue weighted by Gasteiger charge is -2.36. The number of hydrogen-bond acceptors (Lipinski definition) is 8. The van der Waals surface area contributed by atoms with E-state index in [4.69, 9.17) is 4.74 Å². The van der Waals surface area contributed by atoms with E-state index in [0.29, 0.717) is 30.8 Å². The average Bonchev–Trinajstić information content (AvgIpc) is 3.38. The fourth-order valence-electron chi connectivity index (χ4n) is 4.58. The van der Waals surface area contributed by atoms with Crippen LogP contribution in [0.4, 0.5) is 0 Å². The zero-order chi connectivity index (χ0) is 23.9. The number of thioether (sulfide) groups is 1. The average molecular weight is 500 g/mol. The Morgan fingerprint density at radius 1 is 1.35 bits per heavy atom. The number of likely N-dealkylation sites (tertiary alicyclic amines) is 1. The van der Waals surface area contributed by atoms with E-state index in [1.54, 1.807) is 24.6 Å². The summed E-state index contributed by atoms with van der Waals surface area (Å²) in [5, 5.41) is 26.2. The minimum absolute atomic E-state index is 0.0399. The highest BCUT2D eigenvalue weighted by atomic mass is 32.2. The molecule has 1 aromatic carbocycles. The molecule has 0 aliphatic carbocycles. The van der Waals surface area contributed by atoms with Crippen LogP contribution in [0.15, 0.2) is 57.3 Å². The van der Waals surface area contributed by atoms with E-state index < -0.39 is 11.9 Å². The Balaban J connectivity index is 1.39. The molecule has 4 rings (SSSR count). The number of pyridine rings is 1. The minimum atomic E-state index is -0.748. The summed E-state index contributed by atoms with van der Waals surface area (Å²) in [7, 11) is 1.61. The summed E-state index contributed by atoms with van der Waals surface area (Å²) < 4.78 is 6.64. The Kier molecular flexibility index (Phi) is 8.42. The highest BCUT2D eigenvalue weighted by Crippen LogP contribution is 2.31. The third kappa shape index (κ3) is 5.89. The summed E-state index contributed by atoms with van der Waals surface area (Å²) in [6.07, 6.45) is 3.67. The summed E-state index contributed by atoms with van der Waals surface area (Å²) in [5.74, 6) is 0.529. The molecule has 7 nitrogen and oxygen atoms in total. The van der Waals surface area contributed by atoms with Crippen molar-refractivity contribution in [2.24, 2.45) is 17.0 Å². The molecule has 3 aromatic rings. The van der Waals surface area contributed by atoms with Crippen LogP contribution in [0.2, 0.25) is 0 Å². The van der Waals surface area contributed by atoms with Gasteiger partial charge >= 0.3 is 5.97 Å². The van der Waals surface area contributed by atoms with E-state index in [-0.39, 0.29) is 5.92 Å². The van der Waals surface area contributed by atoms with Crippen molar-refractivity contribution in [1.82, 2.24) is 9.88 Å². The van der Waals surface area contributed by atoms with Crippen molar-refractivity contribution in [3.63, 3.8) is 0 Å². The molecule has 9 heteroatoms. The number of fused-ring (bicyclic) bond motifs is 1. The van der Waals surface area contributed by atoms with Gasteiger partial charge in [-0.05, 0) is 67.4 Å². The normalized spacial score (nSPS) is 19.4. The van der Waals surface area contributed by atoms with Crippen molar-refractivity contribution < 1.29 is 19.8 Å². The smallest absolute Gasteiger partial charge is 0.308 e. The number of nitrogens with zero attached hydrogens (tertiary/aromatic N) is 3. The molecule has 1 fully saturated rings. The maximum absolute atomic E-state index is 12.1. The summed E-state index contributed by atoms with van der Waals surface area (Å²) in [6, 6.07) is 11.6. The number of carbonyl (C=O) groups is 1. The Hall–Kier alpha value is -2.62. The Bertz CT molecular complexity index is 1140. The van der Waals surface area contributed by atoms with Gasteiger partial charge in [0.1, 0.15) is 5.75 Å². The maximum atomic E-state index is 12.1. The van der Waals surface area contributed by atoms with Gasteiger partial charge in [0.25, 0.3) is 0 Å². The van der Waals surface area contributed by atoms with E-state index in [2.05, 4.69) is 26.5 Å². The van der Waals surface area contributed by atoms with Gasteiger partial charge in [0.15, 0.2) is 0 Å². The van der Waals surface area contributed by atoms with Crippen molar-refractivity contribution in [1.29, 1.82) is 0 Å². The van der Waals surface area contributed by atoms with Crippen molar-refractivity contribution in [2.45, 2.75) is 23.5 Å². The summed E-state index contributed by atoms with van der Waals surface area (Å²) in [6.45, 7) is 2.33. The first kappa shape index (κ1) is 24.5. The lowest BCUT2D eigenvalue weighted by molar-refractivity contribution is -0.146. The molecule has 34 heavy (non-hydrogen) atoms. The number of carboxylic acid groups (broad SMARTS) is 1. The number of aromatic nitrogens is 1. The molecule has 2 atom stereocenters. The topological polar surface area (TPSA) is 95.2 Å². The molecule has 2 unspecified atom stereocenters. The van der Waals surface area contributed by atoms with Crippen LogP contribution in [0.25, 0.3) is 10.9 Å². The second kappa shape index (κ2) is 11.7. The molecule has 0 saturated carbocycles. The van der Waals surface area contributed by atoms with Gasteiger partial charge in [0, 0.05) is 36.0 Å². The molecule has 1 aliphatic rings. The Labute approximate surface area is 207 Å². The summed E-state index contributed by atoms with van der Waals surface area (Å²) in [4.78, 5) is 18.7. The number of methoxy groups -OCH3 is 1. The zero-order valence-electron chi connectivity index (χ0n) is 19.1. The van der Waals surface area contributed by atoms with Crippen LogP contribution in [-0.4, -0.2) is 64.4 Å². The van der Waals surface area contributed by atoms with Gasteiger partial charge in [-0.15, -0.1) is 23.1 Å². The monoisotopic (exact) mass is 499 g/mol. The fourth-order valence-corrected chi connectivity index (χ4v) is 6.44. The van der Waals surface area contributed by atoms with Gasteiger partial charge in [-0.2, -0.15) is 0 Å². The number of benzene rings is 1. The number of hydrogen-bond donors (Lipinski definition) is 2. The van der Waals surface area contributed by atoms with E-state index >= 15 is 0 Å². The third-order valence-electron chi connectivity index (χ3n) is 6.44. The van der Waals surface area contributed by atoms with Gasteiger partial charge in [0.2, 0.25) is 0 Å². The molecule has 0 radical (unpaired) electrons. The first-order chi connectivity index (χ1) is 16.6. The lowest BCUT2D eigenvalue weighted by Crippen LogP contribution is -2.44. The number of oxime groups is 1. The minimum Gasteiger partial charge on any atom is -0.497 e. The highest BCUT2D eigenvalue weighted by molar-refractivity contribution is 8.01. The van der Waals surface area contributed by atoms with Gasteiger partial charge in [-0.3, -0.25) is 9.78 Å². The Morgan fingerprint density at radius 2 is 2.24 bits per heavy atom. The molecule has 2 N–H and O–H groups in total. The standard InChI is InChI=1S/C25H29N3O4S2/c1-32-18-5-7-22-20(15-18)19(8-10-26-22)23(27-31)6-4-17-9-11-28(16-21(17)25(29)30)12-14-34-24-3-2-13-33-24/h2-3,5,7-8,10,13,15,17,21,31H,4,6,9,11-12,14,16H2,1H3,(H,29,30)/b27-23-. The van der Waals surface area contributed by atoms with E-state index in [1.807, 2.05) is 42.1 Å². The molecule has 0 amide bonds. The molecule has 1 saturated heterocycles. The van der Waals surface area contributed by atoms with Crippen LogP contribution in [-0.2, 0) is 4.79 Å². The molecule has 0 spiro atoms. The molecule has 2 aromatic heterocycles. The predicted molar refractivity (Wildman–Crippen MR) is 137 cm³/mol. The first-order valence-corrected chi connectivity index (χ1v) is 13.2. The Morgan fingerprint density at radius 3 is 2.97 bits per heavy atom. The molecule has 1 aliphatic heterocycles.